The maximum Gasteiger partial charge on any atom is 0.270 e. The van der Waals surface area contributed by atoms with Crippen LogP contribution in [-0.2, 0) is 6.42 Å². The Morgan fingerprint density at radius 2 is 2.00 bits per heavy atom. The Bertz CT molecular complexity index is 1100. The molecule has 27 heavy (non-hydrogen) atoms. The highest BCUT2D eigenvalue weighted by Gasteiger charge is 2.12. The number of nitriles is 1. The van der Waals surface area contributed by atoms with Gasteiger partial charge >= 0.3 is 0 Å². The van der Waals surface area contributed by atoms with E-state index in [0.29, 0.717) is 16.2 Å². The Morgan fingerprint density at radius 3 is 2.70 bits per heavy atom. The Labute approximate surface area is 162 Å². The summed E-state index contributed by atoms with van der Waals surface area (Å²) in [5.41, 5.74) is 3.04. The molecule has 0 amide bonds. The summed E-state index contributed by atoms with van der Waals surface area (Å²) < 4.78 is 0. The summed E-state index contributed by atoms with van der Waals surface area (Å²) in [6, 6.07) is 18.2. The van der Waals surface area contributed by atoms with Crippen LogP contribution in [0.25, 0.3) is 22.4 Å². The van der Waals surface area contributed by atoms with Crippen LogP contribution in [-0.4, -0.2) is 4.92 Å². The lowest BCUT2D eigenvalue weighted by atomic mass is 9.97. The van der Waals surface area contributed by atoms with Crippen LogP contribution in [0.2, 0.25) is 5.02 Å². The molecule has 0 spiro atoms. The molecule has 4 nitrogen and oxygen atoms in total. The second kappa shape index (κ2) is 8.03. The molecular formula is C22H17ClN2O2. The number of benzene rings is 3. The smallest absolute Gasteiger partial charge is 0.258 e. The molecule has 0 radical (unpaired) electrons. The van der Waals surface area contributed by atoms with Gasteiger partial charge in [0.15, 0.2) is 0 Å². The lowest BCUT2D eigenvalue weighted by molar-refractivity contribution is -0.384. The van der Waals surface area contributed by atoms with Crippen LogP contribution < -0.4 is 0 Å². The van der Waals surface area contributed by atoms with E-state index in [2.05, 4.69) is 13.0 Å². The molecule has 0 aliphatic heterocycles. The molecule has 0 saturated heterocycles. The van der Waals surface area contributed by atoms with Gasteiger partial charge in [0.1, 0.15) is 0 Å². The molecule has 0 bridgehead atoms. The van der Waals surface area contributed by atoms with E-state index in [9.17, 15) is 15.4 Å². The molecule has 0 heterocycles. The first-order chi connectivity index (χ1) is 13.0. The normalized spacial score (nSPS) is 11.4. The highest BCUT2D eigenvalue weighted by atomic mass is 35.5. The molecule has 0 N–H and O–H groups in total. The first kappa shape index (κ1) is 18.6. The van der Waals surface area contributed by atoms with E-state index in [1.54, 1.807) is 12.1 Å². The number of nitro benzene ring substituents is 1. The van der Waals surface area contributed by atoms with Crippen molar-refractivity contribution in [3.05, 3.63) is 86.4 Å². The lowest BCUT2D eigenvalue weighted by Gasteiger charge is -2.09. The largest absolute Gasteiger partial charge is 0.270 e. The molecule has 3 aromatic rings. The standard InChI is InChI=1S/C22H17ClN2O2/c1-2-5-15-6-4-9-21(22(15)23)18(14-24)12-16-7-3-8-17-13-19(25(26)27)10-11-20(16)17/h3-4,6-13H,2,5H2,1H3/b18-12+. The zero-order valence-corrected chi connectivity index (χ0v) is 15.5. The van der Waals surface area contributed by atoms with Crippen LogP contribution in [0.15, 0.2) is 54.6 Å². The van der Waals surface area contributed by atoms with Crippen molar-refractivity contribution in [3.63, 3.8) is 0 Å². The van der Waals surface area contributed by atoms with Gasteiger partial charge < -0.3 is 0 Å². The Kier molecular flexibility index (Phi) is 5.54. The summed E-state index contributed by atoms with van der Waals surface area (Å²) in [6.07, 6.45) is 3.60. The van der Waals surface area contributed by atoms with E-state index in [1.807, 2.05) is 36.4 Å². The van der Waals surface area contributed by atoms with Gasteiger partial charge in [-0.05, 0) is 40.5 Å². The highest BCUT2D eigenvalue weighted by Crippen LogP contribution is 2.31. The molecule has 0 aromatic heterocycles. The fourth-order valence-corrected chi connectivity index (χ4v) is 3.43. The predicted octanol–water partition coefficient (Wildman–Crippen LogP) is 6.42. The van der Waals surface area contributed by atoms with Crippen LogP contribution in [0.1, 0.15) is 30.0 Å². The average Bonchev–Trinajstić information content (AvgIpc) is 2.67. The summed E-state index contributed by atoms with van der Waals surface area (Å²) in [5, 5.41) is 22.9. The molecule has 0 atom stereocenters. The third kappa shape index (κ3) is 3.84. The minimum Gasteiger partial charge on any atom is -0.258 e. The van der Waals surface area contributed by atoms with Gasteiger partial charge in [0.2, 0.25) is 0 Å². The molecule has 0 fully saturated rings. The number of allylic oxidation sites excluding steroid dienone is 1. The van der Waals surface area contributed by atoms with Crippen LogP contribution in [0.5, 0.6) is 0 Å². The second-order valence-electron chi connectivity index (χ2n) is 6.21. The Morgan fingerprint density at radius 1 is 1.22 bits per heavy atom. The first-order valence-electron chi connectivity index (χ1n) is 8.62. The number of hydrogen-bond donors (Lipinski definition) is 0. The van der Waals surface area contributed by atoms with Crippen molar-refractivity contribution >= 4 is 39.7 Å². The summed E-state index contributed by atoms with van der Waals surface area (Å²) in [6.45, 7) is 2.08. The van der Waals surface area contributed by atoms with Gasteiger partial charge in [0, 0.05) is 17.7 Å². The van der Waals surface area contributed by atoms with E-state index in [-0.39, 0.29) is 5.69 Å². The Balaban J connectivity index is 2.14. The van der Waals surface area contributed by atoms with Gasteiger partial charge in [0.05, 0.1) is 21.6 Å². The summed E-state index contributed by atoms with van der Waals surface area (Å²) in [5.74, 6) is 0. The van der Waals surface area contributed by atoms with Crippen LogP contribution in [0.3, 0.4) is 0 Å². The van der Waals surface area contributed by atoms with E-state index < -0.39 is 4.92 Å². The van der Waals surface area contributed by atoms with Gasteiger partial charge in [-0.15, -0.1) is 0 Å². The molecule has 0 aliphatic carbocycles. The first-order valence-corrected chi connectivity index (χ1v) is 8.99. The van der Waals surface area contributed by atoms with Crippen LogP contribution in [0.4, 0.5) is 5.69 Å². The van der Waals surface area contributed by atoms with Crippen molar-refractivity contribution in [2.75, 3.05) is 0 Å². The minimum absolute atomic E-state index is 0.0412. The van der Waals surface area contributed by atoms with Crippen molar-refractivity contribution in [1.82, 2.24) is 0 Å². The molecular weight excluding hydrogens is 360 g/mol. The zero-order chi connectivity index (χ0) is 19.4. The number of non-ortho nitro benzene ring substituents is 1. The molecule has 0 unspecified atom stereocenters. The molecule has 0 saturated carbocycles. The molecule has 5 heteroatoms. The summed E-state index contributed by atoms with van der Waals surface area (Å²) in [4.78, 5) is 10.6. The number of nitro groups is 1. The van der Waals surface area contributed by atoms with Crippen molar-refractivity contribution in [3.8, 4) is 6.07 Å². The van der Waals surface area contributed by atoms with E-state index in [1.165, 1.54) is 12.1 Å². The third-order valence-electron chi connectivity index (χ3n) is 4.42. The van der Waals surface area contributed by atoms with Gasteiger partial charge in [-0.2, -0.15) is 5.26 Å². The van der Waals surface area contributed by atoms with Crippen molar-refractivity contribution in [2.45, 2.75) is 19.8 Å². The monoisotopic (exact) mass is 376 g/mol. The van der Waals surface area contributed by atoms with Gasteiger partial charge in [-0.1, -0.05) is 61.3 Å². The van der Waals surface area contributed by atoms with Gasteiger partial charge in [0.25, 0.3) is 5.69 Å². The van der Waals surface area contributed by atoms with Crippen LogP contribution >= 0.6 is 11.6 Å². The summed E-state index contributed by atoms with van der Waals surface area (Å²) in [7, 11) is 0. The van der Waals surface area contributed by atoms with Crippen molar-refractivity contribution in [1.29, 1.82) is 5.26 Å². The molecule has 3 rings (SSSR count). The topological polar surface area (TPSA) is 66.9 Å². The Hall–Kier alpha value is -3.16. The molecule has 3 aromatic carbocycles. The van der Waals surface area contributed by atoms with Crippen molar-refractivity contribution < 1.29 is 4.92 Å². The number of hydrogen-bond acceptors (Lipinski definition) is 3. The summed E-state index contributed by atoms with van der Waals surface area (Å²) >= 11 is 6.53. The molecule has 0 aliphatic rings. The maximum absolute atomic E-state index is 11.0. The fraction of sp³-hybridized carbons (Fsp3) is 0.136. The van der Waals surface area contributed by atoms with Gasteiger partial charge in [-0.25, -0.2) is 0 Å². The number of aryl methyl sites for hydroxylation is 1. The van der Waals surface area contributed by atoms with E-state index >= 15 is 0 Å². The zero-order valence-electron chi connectivity index (χ0n) is 14.8. The SMILES string of the molecule is CCCc1cccc(/C(C#N)=C/c2cccc3cc([N+](=O)[O-])ccc23)c1Cl. The maximum atomic E-state index is 11.0. The average molecular weight is 377 g/mol. The number of halogens is 1. The minimum atomic E-state index is -0.415. The van der Waals surface area contributed by atoms with E-state index in [4.69, 9.17) is 11.6 Å². The quantitative estimate of drug-likeness (QED) is 0.223. The fourth-order valence-electron chi connectivity index (χ4n) is 3.11. The van der Waals surface area contributed by atoms with Gasteiger partial charge in [-0.3, -0.25) is 10.1 Å². The van der Waals surface area contributed by atoms with Crippen molar-refractivity contribution in [2.24, 2.45) is 0 Å². The number of fused-ring (bicyclic) bond motifs is 1. The lowest BCUT2D eigenvalue weighted by Crippen LogP contribution is -1.91. The van der Waals surface area contributed by atoms with E-state index in [0.717, 1.165) is 34.7 Å². The number of nitrogens with zero attached hydrogens (tertiary/aromatic N) is 2. The third-order valence-corrected chi connectivity index (χ3v) is 4.86. The predicted molar refractivity (Wildman–Crippen MR) is 110 cm³/mol. The molecule has 134 valence electrons. The highest BCUT2D eigenvalue weighted by molar-refractivity contribution is 6.33. The number of rotatable bonds is 5. The second-order valence-corrected chi connectivity index (χ2v) is 6.59. The van der Waals surface area contributed by atoms with Crippen LogP contribution in [0, 0.1) is 21.4 Å².